The molecule has 2 nitrogen and oxygen atoms in total. The molecule has 2 unspecified atom stereocenters. The molecule has 4 heteroatoms. The molecule has 18 heavy (non-hydrogen) atoms. The molecule has 1 aromatic rings. The van der Waals surface area contributed by atoms with Gasteiger partial charge in [-0.25, -0.2) is 0 Å². The SMILES string of the molecule is CC1(C)CCC(C(=O)O)C(Cc2cc(Br)cs2)C1. The number of thiophene rings is 1. The van der Waals surface area contributed by atoms with E-state index < -0.39 is 5.97 Å². The third-order valence-electron chi connectivity index (χ3n) is 3.92. The van der Waals surface area contributed by atoms with Crippen LogP contribution in [0.1, 0.15) is 38.0 Å². The van der Waals surface area contributed by atoms with E-state index in [1.54, 1.807) is 11.3 Å². The van der Waals surface area contributed by atoms with E-state index in [-0.39, 0.29) is 17.3 Å². The lowest BCUT2D eigenvalue weighted by atomic mass is 9.66. The van der Waals surface area contributed by atoms with Crippen LogP contribution in [0.3, 0.4) is 0 Å². The quantitative estimate of drug-likeness (QED) is 0.880. The van der Waals surface area contributed by atoms with Crippen molar-refractivity contribution < 1.29 is 9.90 Å². The molecule has 2 rings (SSSR count). The number of carbonyl (C=O) groups is 1. The molecular weight excluding hydrogens is 312 g/mol. The minimum absolute atomic E-state index is 0.168. The second kappa shape index (κ2) is 5.33. The number of aliphatic carboxylic acids is 1. The summed E-state index contributed by atoms with van der Waals surface area (Å²) in [7, 11) is 0. The van der Waals surface area contributed by atoms with E-state index in [1.807, 2.05) is 0 Å². The minimum Gasteiger partial charge on any atom is -0.481 e. The molecule has 1 N–H and O–H groups in total. The number of hydrogen-bond donors (Lipinski definition) is 1. The van der Waals surface area contributed by atoms with Crippen molar-refractivity contribution >= 4 is 33.2 Å². The van der Waals surface area contributed by atoms with E-state index in [1.165, 1.54) is 4.88 Å². The predicted molar refractivity (Wildman–Crippen MR) is 78.0 cm³/mol. The van der Waals surface area contributed by atoms with Crippen molar-refractivity contribution in [3.63, 3.8) is 0 Å². The molecule has 0 amide bonds. The molecule has 1 fully saturated rings. The topological polar surface area (TPSA) is 37.3 Å². The summed E-state index contributed by atoms with van der Waals surface area (Å²) in [5, 5.41) is 11.4. The number of halogens is 1. The van der Waals surface area contributed by atoms with E-state index in [0.29, 0.717) is 0 Å². The van der Waals surface area contributed by atoms with Gasteiger partial charge in [0.05, 0.1) is 5.92 Å². The number of carboxylic acid groups (broad SMARTS) is 1. The molecule has 1 aliphatic rings. The summed E-state index contributed by atoms with van der Waals surface area (Å²) >= 11 is 5.17. The van der Waals surface area contributed by atoms with Crippen LogP contribution in [-0.2, 0) is 11.2 Å². The highest BCUT2D eigenvalue weighted by atomic mass is 79.9. The first-order valence-corrected chi connectivity index (χ1v) is 8.00. The number of hydrogen-bond acceptors (Lipinski definition) is 2. The fraction of sp³-hybridized carbons (Fsp3) is 0.643. The number of carboxylic acids is 1. The van der Waals surface area contributed by atoms with Gasteiger partial charge in [-0.1, -0.05) is 13.8 Å². The van der Waals surface area contributed by atoms with Gasteiger partial charge < -0.3 is 5.11 Å². The molecule has 1 heterocycles. The lowest BCUT2D eigenvalue weighted by molar-refractivity contribution is -0.146. The normalized spacial score (nSPS) is 27.1. The summed E-state index contributed by atoms with van der Waals surface area (Å²) in [4.78, 5) is 12.7. The van der Waals surface area contributed by atoms with Gasteiger partial charge >= 0.3 is 5.97 Å². The Morgan fingerprint density at radius 3 is 2.89 bits per heavy atom. The molecule has 0 aliphatic heterocycles. The van der Waals surface area contributed by atoms with Crippen LogP contribution in [-0.4, -0.2) is 11.1 Å². The van der Waals surface area contributed by atoms with Gasteiger partial charge in [-0.05, 0) is 59.0 Å². The average molecular weight is 331 g/mol. The van der Waals surface area contributed by atoms with Gasteiger partial charge in [0.1, 0.15) is 0 Å². The van der Waals surface area contributed by atoms with Gasteiger partial charge in [0.15, 0.2) is 0 Å². The van der Waals surface area contributed by atoms with Gasteiger partial charge in [-0.2, -0.15) is 0 Å². The van der Waals surface area contributed by atoms with E-state index in [2.05, 4.69) is 41.2 Å². The standard InChI is InChI=1S/C14H19BrO2S/c1-14(2)4-3-12(13(16)17)9(7-14)5-11-6-10(15)8-18-11/h6,8-9,12H,3-5,7H2,1-2H3,(H,16,17). The smallest absolute Gasteiger partial charge is 0.306 e. The van der Waals surface area contributed by atoms with Gasteiger partial charge in [-0.15, -0.1) is 11.3 Å². The van der Waals surface area contributed by atoms with Crippen LogP contribution in [0.2, 0.25) is 0 Å². The Balaban J connectivity index is 2.12. The molecule has 0 radical (unpaired) electrons. The largest absolute Gasteiger partial charge is 0.481 e. The van der Waals surface area contributed by atoms with E-state index >= 15 is 0 Å². The first kappa shape index (κ1) is 14.1. The monoisotopic (exact) mass is 330 g/mol. The van der Waals surface area contributed by atoms with Gasteiger partial charge in [0, 0.05) is 14.7 Å². The molecule has 0 saturated heterocycles. The van der Waals surface area contributed by atoms with Crippen LogP contribution in [0.5, 0.6) is 0 Å². The van der Waals surface area contributed by atoms with Gasteiger partial charge in [0.25, 0.3) is 0 Å². The summed E-state index contributed by atoms with van der Waals surface area (Å²) in [5.41, 5.74) is 0.283. The summed E-state index contributed by atoms with van der Waals surface area (Å²) in [6.45, 7) is 4.50. The van der Waals surface area contributed by atoms with Crippen LogP contribution in [0.15, 0.2) is 15.9 Å². The van der Waals surface area contributed by atoms with Gasteiger partial charge in [0.2, 0.25) is 0 Å². The predicted octanol–water partition coefficient (Wildman–Crippen LogP) is 4.58. The van der Waals surface area contributed by atoms with Crippen molar-refractivity contribution in [2.45, 2.75) is 39.5 Å². The minimum atomic E-state index is -0.619. The van der Waals surface area contributed by atoms with Crippen molar-refractivity contribution in [2.75, 3.05) is 0 Å². The molecular formula is C14H19BrO2S. The van der Waals surface area contributed by atoms with E-state index in [0.717, 1.165) is 30.2 Å². The Morgan fingerprint density at radius 2 is 2.33 bits per heavy atom. The van der Waals surface area contributed by atoms with E-state index in [9.17, 15) is 9.90 Å². The zero-order chi connectivity index (χ0) is 13.3. The summed E-state index contributed by atoms with van der Waals surface area (Å²) in [6, 6.07) is 2.12. The van der Waals surface area contributed by atoms with Crippen molar-refractivity contribution in [2.24, 2.45) is 17.3 Å². The maximum atomic E-state index is 11.4. The maximum Gasteiger partial charge on any atom is 0.306 e. The molecule has 0 aromatic carbocycles. The average Bonchev–Trinajstić information content (AvgIpc) is 2.62. The second-order valence-electron chi connectivity index (χ2n) is 6.05. The molecule has 1 saturated carbocycles. The Morgan fingerprint density at radius 1 is 1.61 bits per heavy atom. The van der Waals surface area contributed by atoms with Crippen LogP contribution in [0.25, 0.3) is 0 Å². The Bertz CT molecular complexity index is 439. The van der Waals surface area contributed by atoms with Crippen molar-refractivity contribution in [1.82, 2.24) is 0 Å². The maximum absolute atomic E-state index is 11.4. The lowest BCUT2D eigenvalue weighted by Crippen LogP contribution is -2.35. The third-order valence-corrected chi connectivity index (χ3v) is 5.64. The van der Waals surface area contributed by atoms with Crippen molar-refractivity contribution in [3.05, 3.63) is 20.8 Å². The zero-order valence-electron chi connectivity index (χ0n) is 10.8. The summed E-state index contributed by atoms with van der Waals surface area (Å²) < 4.78 is 1.10. The lowest BCUT2D eigenvalue weighted by Gasteiger charge is -2.39. The zero-order valence-corrected chi connectivity index (χ0v) is 13.2. The highest BCUT2D eigenvalue weighted by Gasteiger charge is 2.38. The van der Waals surface area contributed by atoms with Crippen LogP contribution in [0, 0.1) is 17.3 Å². The number of rotatable bonds is 3. The van der Waals surface area contributed by atoms with Crippen LogP contribution < -0.4 is 0 Å². The molecule has 0 spiro atoms. The van der Waals surface area contributed by atoms with Crippen LogP contribution >= 0.6 is 27.3 Å². The van der Waals surface area contributed by atoms with Crippen LogP contribution in [0.4, 0.5) is 0 Å². The fourth-order valence-electron chi connectivity index (χ4n) is 2.99. The molecule has 1 aliphatic carbocycles. The Kier molecular flexibility index (Phi) is 4.17. The molecule has 100 valence electrons. The summed E-state index contributed by atoms with van der Waals surface area (Å²) in [6.07, 6.45) is 3.75. The summed E-state index contributed by atoms with van der Waals surface area (Å²) in [5.74, 6) is -0.512. The molecule has 2 atom stereocenters. The second-order valence-corrected chi connectivity index (χ2v) is 7.96. The van der Waals surface area contributed by atoms with Crippen molar-refractivity contribution in [3.8, 4) is 0 Å². The van der Waals surface area contributed by atoms with Gasteiger partial charge in [-0.3, -0.25) is 4.79 Å². The highest BCUT2D eigenvalue weighted by molar-refractivity contribution is 9.10. The first-order chi connectivity index (χ1) is 8.37. The first-order valence-electron chi connectivity index (χ1n) is 6.33. The molecule has 0 bridgehead atoms. The third kappa shape index (κ3) is 3.35. The highest BCUT2D eigenvalue weighted by Crippen LogP contribution is 2.43. The molecule has 1 aromatic heterocycles. The van der Waals surface area contributed by atoms with Crippen molar-refractivity contribution in [1.29, 1.82) is 0 Å². The Labute approximate surface area is 121 Å². The fourth-order valence-corrected chi connectivity index (χ4v) is 4.54. The van der Waals surface area contributed by atoms with E-state index in [4.69, 9.17) is 0 Å². The Hall–Kier alpha value is -0.350.